The highest BCUT2D eigenvalue weighted by molar-refractivity contribution is 5.65. The summed E-state index contributed by atoms with van der Waals surface area (Å²) < 4.78 is 0. The number of aliphatic hydroxyl groups is 1. The van der Waals surface area contributed by atoms with E-state index < -0.39 is 0 Å². The lowest BCUT2D eigenvalue weighted by Gasteiger charge is -2.32. The highest BCUT2D eigenvalue weighted by Crippen LogP contribution is 2.34. The number of nitriles is 1. The van der Waals surface area contributed by atoms with Crippen LogP contribution in [0.25, 0.3) is 0 Å². The average Bonchev–Trinajstić information content (AvgIpc) is 3.32. The molecule has 0 aromatic heterocycles. The Balaban J connectivity index is 1.68. The first-order chi connectivity index (χ1) is 10.7. The molecule has 1 unspecified atom stereocenters. The van der Waals surface area contributed by atoms with E-state index in [9.17, 15) is 10.4 Å². The second kappa shape index (κ2) is 6.58. The van der Waals surface area contributed by atoms with Crippen LogP contribution >= 0.6 is 0 Å². The lowest BCUT2D eigenvalue weighted by Crippen LogP contribution is -2.36. The molecule has 2 fully saturated rings. The van der Waals surface area contributed by atoms with Crippen LogP contribution in [0.15, 0.2) is 18.2 Å². The summed E-state index contributed by atoms with van der Waals surface area (Å²) in [5, 5.41) is 22.6. The van der Waals surface area contributed by atoms with E-state index in [1.54, 1.807) is 0 Å². The molecule has 1 atom stereocenters. The van der Waals surface area contributed by atoms with Crippen LogP contribution in [0.2, 0.25) is 0 Å². The van der Waals surface area contributed by atoms with Crippen LogP contribution in [0.5, 0.6) is 0 Å². The molecule has 2 N–H and O–H groups in total. The molecule has 3 rings (SSSR count). The van der Waals surface area contributed by atoms with Gasteiger partial charge in [0.25, 0.3) is 0 Å². The van der Waals surface area contributed by atoms with Crippen molar-refractivity contribution < 1.29 is 5.11 Å². The molecule has 1 heterocycles. The number of hydrogen-bond donors (Lipinski definition) is 2. The first-order valence-electron chi connectivity index (χ1n) is 8.39. The van der Waals surface area contributed by atoms with E-state index in [1.807, 2.05) is 12.1 Å². The summed E-state index contributed by atoms with van der Waals surface area (Å²) in [6.07, 6.45) is 5.33. The highest BCUT2D eigenvalue weighted by Gasteiger charge is 2.24. The van der Waals surface area contributed by atoms with E-state index in [4.69, 9.17) is 0 Å². The summed E-state index contributed by atoms with van der Waals surface area (Å²) >= 11 is 0. The summed E-state index contributed by atoms with van der Waals surface area (Å²) in [6.45, 7) is 3.85. The lowest BCUT2D eigenvalue weighted by atomic mass is 10.0. The Hall–Kier alpha value is -1.73. The molecular formula is C18H25N3O. The average molecular weight is 299 g/mol. The zero-order valence-electron chi connectivity index (χ0n) is 13.3. The van der Waals surface area contributed by atoms with Gasteiger partial charge in [-0.3, -0.25) is 0 Å². The van der Waals surface area contributed by atoms with Gasteiger partial charge in [-0.15, -0.1) is 0 Å². The maximum atomic E-state index is 9.62. The molecule has 0 radical (unpaired) electrons. The van der Waals surface area contributed by atoms with Crippen LogP contribution < -0.4 is 10.2 Å². The predicted molar refractivity (Wildman–Crippen MR) is 89.0 cm³/mol. The number of anilines is 2. The van der Waals surface area contributed by atoms with Crippen molar-refractivity contribution in [3.8, 4) is 6.07 Å². The van der Waals surface area contributed by atoms with E-state index in [0.717, 1.165) is 48.8 Å². The van der Waals surface area contributed by atoms with Gasteiger partial charge in [0.2, 0.25) is 0 Å². The smallest absolute Gasteiger partial charge is 0.101 e. The van der Waals surface area contributed by atoms with Gasteiger partial charge in [0, 0.05) is 24.8 Å². The summed E-state index contributed by atoms with van der Waals surface area (Å²) in [4.78, 5) is 2.21. The number of piperidine rings is 1. The van der Waals surface area contributed by atoms with Crippen molar-refractivity contribution in [1.29, 1.82) is 5.26 Å². The molecule has 4 nitrogen and oxygen atoms in total. The number of benzene rings is 1. The normalized spacial score (nSPS) is 20.5. The molecule has 1 saturated carbocycles. The SMILES string of the molecule is CC(CC1CC1)Nc1ccc(N2CCC(O)CC2)c(C#N)c1. The van der Waals surface area contributed by atoms with Gasteiger partial charge in [-0.1, -0.05) is 12.8 Å². The first-order valence-corrected chi connectivity index (χ1v) is 8.39. The number of aliphatic hydroxyl groups excluding tert-OH is 1. The Morgan fingerprint density at radius 3 is 2.68 bits per heavy atom. The van der Waals surface area contributed by atoms with Crippen LogP contribution in [-0.4, -0.2) is 30.3 Å². The van der Waals surface area contributed by atoms with Gasteiger partial charge < -0.3 is 15.3 Å². The van der Waals surface area contributed by atoms with Gasteiger partial charge in [-0.25, -0.2) is 0 Å². The maximum Gasteiger partial charge on any atom is 0.101 e. The fourth-order valence-electron chi connectivity index (χ4n) is 3.29. The number of hydrogen-bond acceptors (Lipinski definition) is 4. The zero-order valence-corrected chi connectivity index (χ0v) is 13.3. The second-order valence-electron chi connectivity index (χ2n) is 6.79. The molecule has 22 heavy (non-hydrogen) atoms. The maximum absolute atomic E-state index is 9.62. The molecule has 0 amide bonds. The Labute approximate surface area is 132 Å². The van der Waals surface area contributed by atoms with Crippen LogP contribution in [-0.2, 0) is 0 Å². The molecule has 0 spiro atoms. The minimum absolute atomic E-state index is 0.189. The van der Waals surface area contributed by atoms with Crippen molar-refractivity contribution in [3.05, 3.63) is 23.8 Å². The van der Waals surface area contributed by atoms with Crippen LogP contribution in [0.1, 0.15) is 44.6 Å². The Morgan fingerprint density at radius 2 is 2.05 bits per heavy atom. The first kappa shape index (κ1) is 15.2. The largest absolute Gasteiger partial charge is 0.393 e. The molecule has 118 valence electrons. The van der Waals surface area contributed by atoms with Crippen LogP contribution in [0, 0.1) is 17.2 Å². The third kappa shape index (κ3) is 3.72. The molecule has 2 aliphatic rings. The molecule has 1 saturated heterocycles. The van der Waals surface area contributed by atoms with Crippen molar-refractivity contribution in [2.24, 2.45) is 5.92 Å². The molecule has 1 aromatic carbocycles. The summed E-state index contributed by atoms with van der Waals surface area (Å²) in [5.74, 6) is 0.900. The molecule has 1 aromatic rings. The van der Waals surface area contributed by atoms with Crippen molar-refractivity contribution in [3.63, 3.8) is 0 Å². The minimum Gasteiger partial charge on any atom is -0.393 e. The third-order valence-corrected chi connectivity index (χ3v) is 4.72. The van der Waals surface area contributed by atoms with Gasteiger partial charge in [0.05, 0.1) is 17.4 Å². The topological polar surface area (TPSA) is 59.3 Å². The quantitative estimate of drug-likeness (QED) is 0.877. The van der Waals surface area contributed by atoms with E-state index in [2.05, 4.69) is 29.3 Å². The second-order valence-corrected chi connectivity index (χ2v) is 6.79. The molecule has 1 aliphatic carbocycles. The predicted octanol–water partition coefficient (Wildman–Crippen LogP) is 3.12. The minimum atomic E-state index is -0.189. The zero-order chi connectivity index (χ0) is 15.5. The van der Waals surface area contributed by atoms with Crippen molar-refractivity contribution in [2.75, 3.05) is 23.3 Å². The molecule has 1 aliphatic heterocycles. The third-order valence-electron chi connectivity index (χ3n) is 4.72. The Bertz CT molecular complexity index is 554. The number of rotatable bonds is 5. The van der Waals surface area contributed by atoms with E-state index in [0.29, 0.717) is 6.04 Å². The number of nitrogens with zero attached hydrogens (tertiary/aromatic N) is 2. The fraction of sp³-hybridized carbons (Fsp3) is 0.611. The van der Waals surface area contributed by atoms with Crippen molar-refractivity contribution in [1.82, 2.24) is 0 Å². The lowest BCUT2D eigenvalue weighted by molar-refractivity contribution is 0.145. The molecule has 4 heteroatoms. The summed E-state index contributed by atoms with van der Waals surface area (Å²) in [7, 11) is 0. The Morgan fingerprint density at radius 1 is 1.32 bits per heavy atom. The fourth-order valence-corrected chi connectivity index (χ4v) is 3.29. The summed E-state index contributed by atoms with van der Waals surface area (Å²) in [6, 6.07) is 8.86. The number of nitrogens with one attached hydrogen (secondary N) is 1. The molecular weight excluding hydrogens is 274 g/mol. The molecule has 0 bridgehead atoms. The van der Waals surface area contributed by atoms with Gasteiger partial charge >= 0.3 is 0 Å². The standard InChI is InChI=1S/C18H25N3O/c1-13(10-14-2-3-14)20-16-4-5-18(15(11-16)12-19)21-8-6-17(22)7-9-21/h4-5,11,13-14,17,20,22H,2-3,6-10H2,1H3. The Kier molecular flexibility index (Phi) is 4.54. The highest BCUT2D eigenvalue weighted by atomic mass is 16.3. The van der Waals surface area contributed by atoms with E-state index >= 15 is 0 Å². The van der Waals surface area contributed by atoms with Crippen LogP contribution in [0.3, 0.4) is 0 Å². The monoisotopic (exact) mass is 299 g/mol. The van der Waals surface area contributed by atoms with Gasteiger partial charge in [-0.05, 0) is 50.3 Å². The van der Waals surface area contributed by atoms with Gasteiger partial charge in [0.15, 0.2) is 0 Å². The summed E-state index contributed by atoms with van der Waals surface area (Å²) in [5.41, 5.74) is 2.75. The van der Waals surface area contributed by atoms with Crippen LogP contribution in [0.4, 0.5) is 11.4 Å². The van der Waals surface area contributed by atoms with Crippen molar-refractivity contribution >= 4 is 11.4 Å². The van der Waals surface area contributed by atoms with E-state index in [1.165, 1.54) is 19.3 Å². The van der Waals surface area contributed by atoms with Gasteiger partial charge in [-0.2, -0.15) is 5.26 Å². The van der Waals surface area contributed by atoms with E-state index in [-0.39, 0.29) is 6.10 Å². The van der Waals surface area contributed by atoms with Crippen molar-refractivity contribution in [2.45, 2.75) is 51.2 Å². The van der Waals surface area contributed by atoms with Gasteiger partial charge in [0.1, 0.15) is 6.07 Å².